The van der Waals surface area contributed by atoms with Gasteiger partial charge in [-0.05, 0) is 29.7 Å². The minimum Gasteiger partial charge on any atom is -0.268 e. The quantitative estimate of drug-likeness (QED) is 0.416. The number of fused-ring (bicyclic) bond motifs is 4. The lowest BCUT2D eigenvalue weighted by atomic mass is 10.0. The highest BCUT2D eigenvalue weighted by molar-refractivity contribution is 9.10. The fourth-order valence-corrected chi connectivity index (χ4v) is 3.78. The Balaban J connectivity index is 2.29. The summed E-state index contributed by atoms with van der Waals surface area (Å²) in [5.74, 6) is 0. The van der Waals surface area contributed by atoms with E-state index >= 15 is 0 Å². The van der Waals surface area contributed by atoms with Crippen LogP contribution >= 0.6 is 15.9 Å². The predicted molar refractivity (Wildman–Crippen MR) is 92.9 cm³/mol. The fourth-order valence-electron chi connectivity index (χ4n) is 3.27. The molecule has 0 N–H and O–H groups in total. The van der Waals surface area contributed by atoms with Gasteiger partial charge in [-0.25, -0.2) is 4.98 Å². The maximum absolute atomic E-state index is 13.0. The van der Waals surface area contributed by atoms with Crippen LogP contribution in [0.3, 0.4) is 0 Å². The van der Waals surface area contributed by atoms with Gasteiger partial charge in [-0.2, -0.15) is 0 Å². The standard InChI is InChI=1S/C18H9BrN2O/c19-12-9-8-10-4-3-5-11-15(10)16(12)17-20-13-6-1-2-7-14(13)21(17)18(11)22/h1-9H. The number of hydrogen-bond acceptors (Lipinski definition) is 2. The number of halogens is 1. The van der Waals surface area contributed by atoms with Crippen LogP contribution < -0.4 is 5.56 Å². The molecule has 0 saturated carbocycles. The van der Waals surface area contributed by atoms with E-state index in [0.717, 1.165) is 37.1 Å². The summed E-state index contributed by atoms with van der Waals surface area (Å²) in [6.45, 7) is 0. The molecule has 2 heterocycles. The molecule has 0 bridgehead atoms. The van der Waals surface area contributed by atoms with Crippen LogP contribution in [0.2, 0.25) is 0 Å². The molecule has 0 aliphatic heterocycles. The van der Waals surface area contributed by atoms with Gasteiger partial charge in [-0.15, -0.1) is 0 Å². The zero-order chi connectivity index (χ0) is 14.8. The molecule has 5 rings (SSSR count). The largest absolute Gasteiger partial charge is 0.268 e. The van der Waals surface area contributed by atoms with Gasteiger partial charge in [0.2, 0.25) is 0 Å². The third-order valence-electron chi connectivity index (χ3n) is 4.21. The Hall–Kier alpha value is -2.46. The number of hydrogen-bond donors (Lipinski definition) is 0. The highest BCUT2D eigenvalue weighted by Crippen LogP contribution is 2.34. The molecule has 0 atom stereocenters. The monoisotopic (exact) mass is 348 g/mol. The first-order valence-corrected chi connectivity index (χ1v) is 7.79. The van der Waals surface area contributed by atoms with E-state index in [-0.39, 0.29) is 5.56 Å². The summed E-state index contributed by atoms with van der Waals surface area (Å²) < 4.78 is 2.67. The Morgan fingerprint density at radius 3 is 2.68 bits per heavy atom. The van der Waals surface area contributed by atoms with Crippen molar-refractivity contribution < 1.29 is 0 Å². The molecular weight excluding hydrogens is 340 g/mol. The van der Waals surface area contributed by atoms with Crippen LogP contribution in [0.4, 0.5) is 0 Å². The van der Waals surface area contributed by atoms with Crippen molar-refractivity contribution in [3.63, 3.8) is 0 Å². The van der Waals surface area contributed by atoms with Gasteiger partial charge in [0.05, 0.1) is 11.0 Å². The summed E-state index contributed by atoms with van der Waals surface area (Å²) in [6, 6.07) is 17.6. The van der Waals surface area contributed by atoms with Gasteiger partial charge in [0.25, 0.3) is 5.56 Å². The van der Waals surface area contributed by atoms with Crippen molar-refractivity contribution in [3.8, 4) is 0 Å². The Kier molecular flexibility index (Phi) is 2.23. The van der Waals surface area contributed by atoms with Gasteiger partial charge < -0.3 is 0 Å². The molecule has 3 nitrogen and oxygen atoms in total. The van der Waals surface area contributed by atoms with Gasteiger partial charge >= 0.3 is 0 Å². The summed E-state index contributed by atoms with van der Waals surface area (Å²) in [6.07, 6.45) is 0. The van der Waals surface area contributed by atoms with E-state index in [1.165, 1.54) is 0 Å². The maximum Gasteiger partial charge on any atom is 0.264 e. The molecule has 5 aromatic rings. The molecule has 4 heteroatoms. The lowest BCUT2D eigenvalue weighted by Gasteiger charge is -2.08. The van der Waals surface area contributed by atoms with Crippen molar-refractivity contribution in [2.45, 2.75) is 0 Å². The second kappa shape index (κ2) is 4.05. The highest BCUT2D eigenvalue weighted by atomic mass is 79.9. The number of rotatable bonds is 0. The SMILES string of the molecule is O=c1c2cccc3ccc(Br)c(c32)c2nc3ccccc3n12. The van der Waals surface area contributed by atoms with E-state index in [9.17, 15) is 4.79 Å². The second-order valence-electron chi connectivity index (χ2n) is 5.39. The van der Waals surface area contributed by atoms with Crippen LogP contribution in [0.5, 0.6) is 0 Å². The van der Waals surface area contributed by atoms with Crippen LogP contribution in [0.1, 0.15) is 0 Å². The van der Waals surface area contributed by atoms with Crippen LogP contribution in [0.25, 0.3) is 38.2 Å². The predicted octanol–water partition coefficient (Wildman–Crippen LogP) is 4.35. The average Bonchev–Trinajstić information content (AvgIpc) is 2.92. The normalized spacial score (nSPS) is 12.0. The van der Waals surface area contributed by atoms with E-state index in [2.05, 4.69) is 15.9 Å². The van der Waals surface area contributed by atoms with Crippen LogP contribution in [0, 0.1) is 0 Å². The van der Waals surface area contributed by atoms with Gasteiger partial charge in [-0.1, -0.05) is 46.3 Å². The number of nitrogens with zero attached hydrogens (tertiary/aromatic N) is 2. The van der Waals surface area contributed by atoms with E-state index in [1.807, 2.05) is 54.6 Å². The molecule has 0 amide bonds. The molecule has 0 aliphatic carbocycles. The van der Waals surface area contributed by atoms with Gasteiger partial charge in [0.15, 0.2) is 0 Å². The van der Waals surface area contributed by atoms with Crippen LogP contribution in [-0.4, -0.2) is 9.38 Å². The zero-order valence-electron chi connectivity index (χ0n) is 11.4. The van der Waals surface area contributed by atoms with Crippen LogP contribution in [0.15, 0.2) is 63.9 Å². The molecule has 0 saturated heterocycles. The maximum atomic E-state index is 13.0. The third-order valence-corrected chi connectivity index (χ3v) is 4.87. The Morgan fingerprint density at radius 1 is 0.909 bits per heavy atom. The molecule has 2 aromatic heterocycles. The minimum absolute atomic E-state index is 0.0140. The number of pyridine rings is 1. The number of imidazole rings is 1. The summed E-state index contributed by atoms with van der Waals surface area (Å²) in [5, 5.41) is 3.75. The first kappa shape index (κ1) is 12.1. The van der Waals surface area contributed by atoms with Gasteiger partial charge in [0.1, 0.15) is 5.65 Å². The van der Waals surface area contributed by atoms with Crippen molar-refractivity contribution in [1.82, 2.24) is 9.38 Å². The lowest BCUT2D eigenvalue weighted by molar-refractivity contribution is 1.19. The molecule has 22 heavy (non-hydrogen) atoms. The van der Waals surface area contributed by atoms with Crippen LogP contribution in [-0.2, 0) is 0 Å². The first-order valence-electron chi connectivity index (χ1n) is 6.99. The summed E-state index contributed by atoms with van der Waals surface area (Å²) in [7, 11) is 0. The first-order chi connectivity index (χ1) is 10.8. The highest BCUT2D eigenvalue weighted by Gasteiger charge is 2.17. The molecule has 3 aromatic carbocycles. The Bertz CT molecular complexity index is 1260. The number of para-hydroxylation sites is 2. The van der Waals surface area contributed by atoms with Crippen molar-refractivity contribution in [3.05, 3.63) is 69.4 Å². The van der Waals surface area contributed by atoms with E-state index < -0.39 is 0 Å². The number of benzene rings is 3. The molecular formula is C18H9BrN2O. The van der Waals surface area contributed by atoms with E-state index in [1.54, 1.807) is 4.40 Å². The zero-order valence-corrected chi connectivity index (χ0v) is 13.0. The molecule has 0 spiro atoms. The van der Waals surface area contributed by atoms with Gasteiger partial charge in [0, 0.05) is 20.6 Å². The van der Waals surface area contributed by atoms with Crippen molar-refractivity contribution in [1.29, 1.82) is 0 Å². The topological polar surface area (TPSA) is 34.4 Å². The molecule has 0 fully saturated rings. The summed E-state index contributed by atoms with van der Waals surface area (Å²) >= 11 is 3.63. The summed E-state index contributed by atoms with van der Waals surface area (Å²) in [5.41, 5.74) is 2.38. The average molecular weight is 349 g/mol. The number of aromatic nitrogens is 2. The Morgan fingerprint density at radius 2 is 1.77 bits per heavy atom. The molecule has 0 unspecified atom stereocenters. The van der Waals surface area contributed by atoms with Crippen molar-refractivity contribution >= 4 is 54.2 Å². The molecule has 0 aliphatic rings. The molecule has 104 valence electrons. The smallest absolute Gasteiger partial charge is 0.264 e. The third kappa shape index (κ3) is 1.35. The Labute approximate surface area is 133 Å². The second-order valence-corrected chi connectivity index (χ2v) is 6.25. The van der Waals surface area contributed by atoms with Crippen molar-refractivity contribution in [2.75, 3.05) is 0 Å². The molecule has 0 radical (unpaired) electrons. The minimum atomic E-state index is -0.0140. The van der Waals surface area contributed by atoms with E-state index in [0.29, 0.717) is 5.65 Å². The summed E-state index contributed by atoms with van der Waals surface area (Å²) in [4.78, 5) is 17.7. The lowest BCUT2D eigenvalue weighted by Crippen LogP contribution is -2.13. The fraction of sp³-hybridized carbons (Fsp3) is 0. The van der Waals surface area contributed by atoms with Crippen molar-refractivity contribution in [2.24, 2.45) is 0 Å². The van der Waals surface area contributed by atoms with Gasteiger partial charge in [-0.3, -0.25) is 9.20 Å². The van der Waals surface area contributed by atoms with E-state index in [4.69, 9.17) is 4.98 Å².